The van der Waals surface area contributed by atoms with Crippen LogP contribution >= 0.6 is 15.9 Å². The molecule has 0 heterocycles. The molecule has 3 heteroatoms. The monoisotopic (exact) mass is 314 g/mol. The second kappa shape index (κ2) is 7.03. The maximum Gasteiger partial charge on any atom is 0.123 e. The molecule has 0 aromatic heterocycles. The summed E-state index contributed by atoms with van der Waals surface area (Å²) in [5, 5.41) is 0.777. The Labute approximate surface area is 119 Å². The van der Waals surface area contributed by atoms with Crippen molar-refractivity contribution in [1.82, 2.24) is 0 Å². The first-order valence-corrected chi connectivity index (χ1v) is 7.44. The lowest BCUT2D eigenvalue weighted by Gasteiger charge is -2.18. The highest BCUT2D eigenvalue weighted by Gasteiger charge is 2.10. The van der Waals surface area contributed by atoms with E-state index in [1.165, 1.54) is 6.42 Å². The van der Waals surface area contributed by atoms with Crippen LogP contribution in [0.15, 0.2) is 18.2 Å². The molecule has 0 N–H and O–H groups in total. The van der Waals surface area contributed by atoms with Gasteiger partial charge in [0.05, 0.1) is 13.7 Å². The van der Waals surface area contributed by atoms with Crippen molar-refractivity contribution in [2.45, 2.75) is 38.9 Å². The average Bonchev–Trinajstić information content (AvgIpc) is 2.33. The van der Waals surface area contributed by atoms with E-state index in [1.807, 2.05) is 18.2 Å². The molecule has 0 unspecified atom stereocenters. The zero-order valence-electron chi connectivity index (χ0n) is 11.8. The fourth-order valence-corrected chi connectivity index (χ4v) is 2.15. The van der Waals surface area contributed by atoms with Crippen LogP contribution in [-0.4, -0.2) is 13.7 Å². The summed E-state index contributed by atoms with van der Waals surface area (Å²) in [6, 6.07) is 5.92. The Morgan fingerprint density at radius 1 is 1.22 bits per heavy atom. The van der Waals surface area contributed by atoms with E-state index in [4.69, 9.17) is 9.47 Å². The van der Waals surface area contributed by atoms with E-state index in [2.05, 4.69) is 36.7 Å². The van der Waals surface area contributed by atoms with Crippen LogP contribution < -0.4 is 9.47 Å². The van der Waals surface area contributed by atoms with Crippen molar-refractivity contribution >= 4 is 15.9 Å². The van der Waals surface area contributed by atoms with Gasteiger partial charge in [0.2, 0.25) is 0 Å². The topological polar surface area (TPSA) is 18.5 Å². The van der Waals surface area contributed by atoms with Crippen molar-refractivity contribution in [3.05, 3.63) is 23.8 Å². The first-order chi connectivity index (χ1) is 8.46. The third kappa shape index (κ3) is 5.30. The SMILES string of the molecule is COc1ccc(OCCCC(C)(C)C)c(CBr)c1. The average molecular weight is 315 g/mol. The van der Waals surface area contributed by atoms with Gasteiger partial charge in [-0.15, -0.1) is 0 Å². The predicted molar refractivity (Wildman–Crippen MR) is 79.8 cm³/mol. The highest BCUT2D eigenvalue weighted by molar-refractivity contribution is 9.08. The predicted octanol–water partition coefficient (Wildman–Crippen LogP) is 4.80. The Kier molecular flexibility index (Phi) is 6.00. The van der Waals surface area contributed by atoms with Crippen LogP contribution in [-0.2, 0) is 5.33 Å². The van der Waals surface area contributed by atoms with Crippen molar-refractivity contribution in [3.8, 4) is 11.5 Å². The molecule has 0 bridgehead atoms. The molecule has 1 aromatic carbocycles. The second-order valence-electron chi connectivity index (χ2n) is 5.62. The zero-order valence-corrected chi connectivity index (χ0v) is 13.3. The normalized spacial score (nSPS) is 11.4. The van der Waals surface area contributed by atoms with Gasteiger partial charge in [0.25, 0.3) is 0 Å². The Balaban J connectivity index is 2.51. The number of hydrogen-bond donors (Lipinski definition) is 0. The molecule has 0 radical (unpaired) electrons. The van der Waals surface area contributed by atoms with E-state index in [1.54, 1.807) is 7.11 Å². The Hall–Kier alpha value is -0.700. The fraction of sp³-hybridized carbons (Fsp3) is 0.600. The van der Waals surface area contributed by atoms with Crippen LogP contribution in [0.5, 0.6) is 11.5 Å². The molecule has 0 fully saturated rings. The largest absolute Gasteiger partial charge is 0.497 e. The smallest absolute Gasteiger partial charge is 0.123 e. The summed E-state index contributed by atoms with van der Waals surface area (Å²) in [6.45, 7) is 7.53. The van der Waals surface area contributed by atoms with Gasteiger partial charge in [-0.2, -0.15) is 0 Å². The summed E-state index contributed by atoms with van der Waals surface area (Å²) in [5.41, 5.74) is 1.51. The molecule has 0 atom stereocenters. The van der Waals surface area contributed by atoms with Crippen LogP contribution in [0.3, 0.4) is 0 Å². The third-order valence-corrected chi connectivity index (χ3v) is 3.34. The number of benzene rings is 1. The molecule has 0 spiro atoms. The minimum absolute atomic E-state index is 0.377. The third-order valence-electron chi connectivity index (χ3n) is 2.74. The summed E-state index contributed by atoms with van der Waals surface area (Å²) in [5.74, 6) is 1.81. The van der Waals surface area contributed by atoms with E-state index >= 15 is 0 Å². The molecule has 0 amide bonds. The van der Waals surface area contributed by atoms with Gasteiger partial charge in [0.1, 0.15) is 11.5 Å². The number of halogens is 1. The number of hydrogen-bond acceptors (Lipinski definition) is 2. The lowest BCUT2D eigenvalue weighted by atomic mass is 9.91. The molecule has 0 saturated carbocycles. The number of alkyl halides is 1. The first-order valence-electron chi connectivity index (χ1n) is 6.32. The van der Waals surface area contributed by atoms with Gasteiger partial charge in [-0.1, -0.05) is 36.7 Å². The van der Waals surface area contributed by atoms with E-state index in [0.29, 0.717) is 5.41 Å². The molecule has 1 aromatic rings. The molecule has 0 aliphatic heterocycles. The van der Waals surface area contributed by atoms with Crippen molar-refractivity contribution < 1.29 is 9.47 Å². The Morgan fingerprint density at radius 3 is 2.50 bits per heavy atom. The standard InChI is InChI=1S/C15H23BrO2/c1-15(2,3)8-5-9-18-14-7-6-13(17-4)10-12(14)11-16/h6-7,10H,5,8-9,11H2,1-4H3. The van der Waals surface area contributed by atoms with Gasteiger partial charge in [0.15, 0.2) is 0 Å². The molecule has 102 valence electrons. The molecule has 0 saturated heterocycles. The molecule has 1 rings (SSSR count). The first kappa shape index (κ1) is 15.4. The molecule has 0 aliphatic rings. The van der Waals surface area contributed by atoms with Gasteiger partial charge in [-0.3, -0.25) is 0 Å². The number of ether oxygens (including phenoxy) is 2. The van der Waals surface area contributed by atoms with Gasteiger partial charge in [-0.05, 0) is 36.5 Å². The van der Waals surface area contributed by atoms with Crippen LogP contribution in [0.2, 0.25) is 0 Å². The second-order valence-corrected chi connectivity index (χ2v) is 6.18. The lowest BCUT2D eigenvalue weighted by molar-refractivity contribution is 0.267. The molecule has 18 heavy (non-hydrogen) atoms. The lowest BCUT2D eigenvalue weighted by Crippen LogP contribution is -2.08. The van der Waals surface area contributed by atoms with Gasteiger partial charge >= 0.3 is 0 Å². The maximum absolute atomic E-state index is 5.84. The summed E-state index contributed by atoms with van der Waals surface area (Å²) in [4.78, 5) is 0. The van der Waals surface area contributed by atoms with Crippen LogP contribution in [0.4, 0.5) is 0 Å². The van der Waals surface area contributed by atoms with Crippen molar-refractivity contribution in [2.75, 3.05) is 13.7 Å². The van der Waals surface area contributed by atoms with Gasteiger partial charge < -0.3 is 9.47 Å². The van der Waals surface area contributed by atoms with Crippen LogP contribution in [0, 0.1) is 5.41 Å². The van der Waals surface area contributed by atoms with Crippen LogP contribution in [0.25, 0.3) is 0 Å². The van der Waals surface area contributed by atoms with Gasteiger partial charge in [-0.25, -0.2) is 0 Å². The van der Waals surface area contributed by atoms with E-state index in [9.17, 15) is 0 Å². The van der Waals surface area contributed by atoms with Crippen molar-refractivity contribution in [1.29, 1.82) is 0 Å². The summed E-state index contributed by atoms with van der Waals surface area (Å²) in [7, 11) is 1.68. The Bertz CT molecular complexity index is 369. The Morgan fingerprint density at radius 2 is 1.94 bits per heavy atom. The minimum atomic E-state index is 0.377. The van der Waals surface area contributed by atoms with Crippen molar-refractivity contribution in [2.24, 2.45) is 5.41 Å². The molecule has 0 aliphatic carbocycles. The quantitative estimate of drug-likeness (QED) is 0.555. The minimum Gasteiger partial charge on any atom is -0.497 e. The van der Waals surface area contributed by atoms with E-state index in [0.717, 1.165) is 35.4 Å². The zero-order chi connectivity index (χ0) is 13.6. The van der Waals surface area contributed by atoms with Gasteiger partial charge in [0, 0.05) is 10.9 Å². The highest BCUT2D eigenvalue weighted by atomic mass is 79.9. The van der Waals surface area contributed by atoms with Crippen molar-refractivity contribution in [3.63, 3.8) is 0 Å². The number of rotatable bonds is 6. The highest BCUT2D eigenvalue weighted by Crippen LogP contribution is 2.27. The maximum atomic E-state index is 5.84. The molecular weight excluding hydrogens is 292 g/mol. The molecular formula is C15H23BrO2. The van der Waals surface area contributed by atoms with E-state index in [-0.39, 0.29) is 0 Å². The fourth-order valence-electron chi connectivity index (χ4n) is 1.71. The summed E-state index contributed by atoms with van der Waals surface area (Å²) in [6.07, 6.45) is 2.25. The van der Waals surface area contributed by atoms with Crippen LogP contribution in [0.1, 0.15) is 39.2 Å². The van der Waals surface area contributed by atoms with E-state index < -0.39 is 0 Å². The number of methoxy groups -OCH3 is 1. The summed E-state index contributed by atoms with van der Waals surface area (Å²) < 4.78 is 11.0. The molecule has 2 nitrogen and oxygen atoms in total. The summed E-state index contributed by atoms with van der Waals surface area (Å²) >= 11 is 3.48.